The van der Waals surface area contributed by atoms with E-state index < -0.39 is 0 Å². The minimum absolute atomic E-state index is 0.160. The van der Waals surface area contributed by atoms with Crippen molar-refractivity contribution in [2.45, 2.75) is 6.92 Å². The van der Waals surface area contributed by atoms with Gasteiger partial charge < -0.3 is 5.32 Å². The third-order valence-corrected chi connectivity index (χ3v) is 5.46. The summed E-state index contributed by atoms with van der Waals surface area (Å²) in [6, 6.07) is 13.0. The fourth-order valence-corrected chi connectivity index (χ4v) is 3.97. The fraction of sp³-hybridized carbons (Fsp3) is 0.167. The van der Waals surface area contributed by atoms with Gasteiger partial charge in [-0.2, -0.15) is 0 Å². The summed E-state index contributed by atoms with van der Waals surface area (Å²) in [4.78, 5) is 39.7. The molecule has 5 nitrogen and oxygen atoms in total. The summed E-state index contributed by atoms with van der Waals surface area (Å²) in [6.07, 6.45) is 1.71. The molecule has 0 saturated carbocycles. The van der Waals surface area contributed by atoms with E-state index in [2.05, 4.69) is 5.32 Å². The predicted octanol–water partition coefficient (Wildman–Crippen LogP) is 3.52. The van der Waals surface area contributed by atoms with Crippen LogP contribution in [0.1, 0.15) is 20.1 Å². The first-order valence-electron chi connectivity index (χ1n) is 7.69. The summed E-state index contributed by atoms with van der Waals surface area (Å²) in [5.41, 5.74) is 0.870. The number of aryl methyl sites for hydroxylation is 1. The maximum Gasteiger partial charge on any atom is 0.293 e. The maximum absolute atomic E-state index is 12.4. The van der Waals surface area contributed by atoms with Gasteiger partial charge in [0.2, 0.25) is 0 Å². The van der Waals surface area contributed by atoms with Gasteiger partial charge in [0, 0.05) is 18.0 Å². The number of hydrogen-bond acceptors (Lipinski definition) is 5. The second-order valence-electron chi connectivity index (χ2n) is 5.41. The molecule has 3 amide bonds. The Balaban J connectivity index is 1.58. The molecule has 1 aliphatic rings. The van der Waals surface area contributed by atoms with Gasteiger partial charge in [-0.3, -0.25) is 19.3 Å². The number of thiophene rings is 1. The molecular weight excluding hydrogens is 356 g/mol. The molecule has 3 rings (SSSR count). The van der Waals surface area contributed by atoms with E-state index in [1.54, 1.807) is 12.1 Å². The van der Waals surface area contributed by atoms with Gasteiger partial charge in [-0.05, 0) is 42.5 Å². The lowest BCUT2D eigenvalue weighted by Gasteiger charge is -2.12. The molecule has 128 valence electrons. The Bertz CT molecular complexity index is 843. The Morgan fingerprint density at radius 2 is 1.92 bits per heavy atom. The number of rotatable bonds is 5. The molecule has 0 unspecified atom stereocenters. The highest BCUT2D eigenvalue weighted by Crippen LogP contribution is 2.31. The molecule has 1 aliphatic heterocycles. The third kappa shape index (κ3) is 4.18. The van der Waals surface area contributed by atoms with Crippen LogP contribution in [0.4, 0.5) is 4.79 Å². The van der Waals surface area contributed by atoms with Crippen LogP contribution in [-0.4, -0.2) is 35.0 Å². The van der Waals surface area contributed by atoms with Crippen molar-refractivity contribution in [3.05, 3.63) is 62.7 Å². The van der Waals surface area contributed by atoms with E-state index in [1.807, 2.05) is 43.3 Å². The highest BCUT2D eigenvalue weighted by Gasteiger charge is 2.34. The highest BCUT2D eigenvalue weighted by atomic mass is 32.2. The number of thioether (sulfide) groups is 1. The van der Waals surface area contributed by atoms with Crippen molar-refractivity contribution < 1.29 is 14.4 Å². The smallest absolute Gasteiger partial charge is 0.293 e. The fourth-order valence-electron chi connectivity index (χ4n) is 2.32. The number of carbonyl (C=O) groups excluding carboxylic acids is 3. The number of carbonyl (C=O) groups is 3. The molecule has 2 heterocycles. The molecule has 0 spiro atoms. The van der Waals surface area contributed by atoms with Crippen LogP contribution in [0.2, 0.25) is 0 Å². The molecule has 0 bridgehead atoms. The van der Waals surface area contributed by atoms with Crippen LogP contribution in [0.25, 0.3) is 6.08 Å². The standard InChI is InChI=1S/C18H16N2O3S2/c1-12-7-8-14(24-12)16(21)19-9-10-20-17(22)15(25-18(20)23)11-13-5-3-2-4-6-13/h2-8,11H,9-10H2,1H3,(H,19,21). The molecule has 2 aromatic rings. The molecule has 7 heteroatoms. The van der Waals surface area contributed by atoms with E-state index >= 15 is 0 Å². The van der Waals surface area contributed by atoms with Crippen molar-refractivity contribution in [3.8, 4) is 0 Å². The number of hydrogen-bond donors (Lipinski definition) is 1. The van der Waals surface area contributed by atoms with Crippen LogP contribution < -0.4 is 5.32 Å². The van der Waals surface area contributed by atoms with Crippen LogP contribution in [-0.2, 0) is 4.79 Å². The van der Waals surface area contributed by atoms with Crippen LogP contribution >= 0.6 is 23.1 Å². The lowest BCUT2D eigenvalue weighted by atomic mass is 10.2. The molecule has 1 fully saturated rings. The maximum atomic E-state index is 12.4. The van der Waals surface area contributed by atoms with Crippen molar-refractivity contribution in [1.29, 1.82) is 0 Å². The van der Waals surface area contributed by atoms with Crippen LogP contribution in [0.15, 0.2) is 47.4 Å². The zero-order chi connectivity index (χ0) is 17.8. The molecule has 1 saturated heterocycles. The van der Waals surface area contributed by atoms with Gasteiger partial charge in [0.15, 0.2) is 0 Å². The predicted molar refractivity (Wildman–Crippen MR) is 101 cm³/mol. The van der Waals surface area contributed by atoms with Gasteiger partial charge in [0.05, 0.1) is 9.78 Å². The van der Waals surface area contributed by atoms with E-state index in [0.717, 1.165) is 22.2 Å². The Hall–Kier alpha value is -2.38. The molecule has 1 N–H and O–H groups in total. The van der Waals surface area contributed by atoms with E-state index in [0.29, 0.717) is 9.78 Å². The van der Waals surface area contributed by atoms with Crippen molar-refractivity contribution in [1.82, 2.24) is 10.2 Å². The van der Waals surface area contributed by atoms with E-state index in [1.165, 1.54) is 16.2 Å². The normalized spacial score (nSPS) is 15.9. The molecule has 0 aliphatic carbocycles. The third-order valence-electron chi connectivity index (χ3n) is 3.56. The zero-order valence-corrected chi connectivity index (χ0v) is 15.2. The lowest BCUT2D eigenvalue weighted by molar-refractivity contribution is -0.122. The quantitative estimate of drug-likeness (QED) is 0.816. The zero-order valence-electron chi connectivity index (χ0n) is 13.5. The number of nitrogens with zero attached hydrogens (tertiary/aromatic N) is 1. The first-order valence-corrected chi connectivity index (χ1v) is 9.33. The van der Waals surface area contributed by atoms with Crippen molar-refractivity contribution in [2.75, 3.05) is 13.1 Å². The Morgan fingerprint density at radius 1 is 1.16 bits per heavy atom. The average Bonchev–Trinajstić information content (AvgIpc) is 3.14. The molecule has 25 heavy (non-hydrogen) atoms. The van der Waals surface area contributed by atoms with Gasteiger partial charge in [0.1, 0.15) is 0 Å². The van der Waals surface area contributed by atoms with Crippen molar-refractivity contribution in [2.24, 2.45) is 0 Å². The number of amides is 3. The Labute approximate surface area is 153 Å². The van der Waals surface area contributed by atoms with Crippen LogP contribution in [0.5, 0.6) is 0 Å². The van der Waals surface area contributed by atoms with Crippen molar-refractivity contribution in [3.63, 3.8) is 0 Å². The first kappa shape index (κ1) is 17.4. The average molecular weight is 372 g/mol. The number of nitrogens with one attached hydrogen (secondary N) is 1. The summed E-state index contributed by atoms with van der Waals surface area (Å²) in [5.74, 6) is -0.509. The minimum Gasteiger partial charge on any atom is -0.350 e. The lowest BCUT2D eigenvalue weighted by Crippen LogP contribution is -2.37. The van der Waals surface area contributed by atoms with Gasteiger partial charge in [0.25, 0.3) is 17.1 Å². The van der Waals surface area contributed by atoms with E-state index in [4.69, 9.17) is 0 Å². The summed E-state index contributed by atoms with van der Waals surface area (Å²) in [5, 5.41) is 2.43. The van der Waals surface area contributed by atoms with Gasteiger partial charge in [-0.15, -0.1) is 11.3 Å². The summed E-state index contributed by atoms with van der Waals surface area (Å²) >= 11 is 2.33. The number of benzene rings is 1. The summed E-state index contributed by atoms with van der Waals surface area (Å²) in [6.45, 7) is 2.32. The monoisotopic (exact) mass is 372 g/mol. The Kier molecular flexibility index (Phi) is 5.35. The van der Waals surface area contributed by atoms with Crippen LogP contribution in [0.3, 0.4) is 0 Å². The Morgan fingerprint density at radius 3 is 2.60 bits per heavy atom. The molecular formula is C18H16N2O3S2. The van der Waals surface area contributed by atoms with Gasteiger partial charge in [-0.25, -0.2) is 0 Å². The molecule has 0 atom stereocenters. The first-order chi connectivity index (χ1) is 12.0. The van der Waals surface area contributed by atoms with Crippen molar-refractivity contribution >= 4 is 46.2 Å². The van der Waals surface area contributed by atoms with Gasteiger partial charge >= 0.3 is 0 Å². The van der Waals surface area contributed by atoms with E-state index in [9.17, 15) is 14.4 Å². The summed E-state index contributed by atoms with van der Waals surface area (Å²) in [7, 11) is 0. The molecule has 1 aromatic heterocycles. The van der Waals surface area contributed by atoms with E-state index in [-0.39, 0.29) is 30.1 Å². The highest BCUT2D eigenvalue weighted by molar-refractivity contribution is 8.18. The summed E-state index contributed by atoms with van der Waals surface area (Å²) < 4.78 is 0. The topological polar surface area (TPSA) is 66.5 Å². The number of imide groups is 1. The molecule has 1 aromatic carbocycles. The second kappa shape index (κ2) is 7.67. The SMILES string of the molecule is Cc1ccc(C(=O)NCCN2C(=O)SC(=Cc3ccccc3)C2=O)s1. The van der Waals surface area contributed by atoms with Crippen LogP contribution in [0, 0.1) is 6.92 Å². The largest absolute Gasteiger partial charge is 0.350 e. The molecule has 0 radical (unpaired) electrons. The second-order valence-corrected chi connectivity index (χ2v) is 7.69. The van der Waals surface area contributed by atoms with Gasteiger partial charge in [-0.1, -0.05) is 30.3 Å². The minimum atomic E-state index is -0.319.